The van der Waals surface area contributed by atoms with Crippen molar-refractivity contribution in [3.63, 3.8) is 0 Å². The molecule has 0 fully saturated rings. The topological polar surface area (TPSA) is 108 Å². The first kappa shape index (κ1) is 8.59. The molecule has 5 nitrogen and oxygen atoms in total. The lowest BCUT2D eigenvalue weighted by Gasteiger charge is -1.77. The van der Waals surface area contributed by atoms with Crippen LogP contribution < -0.4 is 0 Å². The smallest absolute Gasteiger partial charge is 0.219 e. The van der Waals surface area contributed by atoms with Crippen molar-refractivity contribution >= 4 is 11.6 Å². The van der Waals surface area contributed by atoms with Gasteiger partial charge in [0, 0.05) is 5.87 Å². The lowest BCUT2D eigenvalue weighted by atomic mass is 10.4. The molecule has 0 aliphatic carbocycles. The Balaban J connectivity index is 4.90. The van der Waals surface area contributed by atoms with Crippen molar-refractivity contribution in [3.8, 4) is 18.2 Å². The molecule has 1 N–H and O–H groups in total. The number of nitrogens with zero attached hydrogens (tertiary/aromatic N) is 4. The minimum absolute atomic E-state index is 0.386. The molecule has 0 amide bonds. The fourth-order valence-electron chi connectivity index (χ4n) is 0.268. The highest BCUT2D eigenvalue weighted by atomic mass is 14.8. The van der Waals surface area contributed by atoms with Crippen molar-refractivity contribution in [1.29, 1.82) is 21.2 Å². The average molecular weight is 143 g/mol. The first-order valence-electron chi connectivity index (χ1n) is 2.37. The molecule has 0 saturated heterocycles. The van der Waals surface area contributed by atoms with Crippen LogP contribution in [0.3, 0.4) is 0 Å². The van der Waals surface area contributed by atoms with Gasteiger partial charge in [-0.3, -0.25) is 5.41 Å². The van der Waals surface area contributed by atoms with Gasteiger partial charge in [0.25, 0.3) is 0 Å². The molecule has 0 radical (unpaired) electrons. The van der Waals surface area contributed by atoms with Crippen LogP contribution in [0.2, 0.25) is 0 Å². The Hall–Kier alpha value is -2.41. The van der Waals surface area contributed by atoms with Gasteiger partial charge in [0.15, 0.2) is 0 Å². The Bertz CT molecular complexity index is 334. The van der Waals surface area contributed by atoms with Crippen LogP contribution in [0.25, 0.3) is 0 Å². The number of rotatable bonds is 1. The quantitative estimate of drug-likeness (QED) is 0.416. The van der Waals surface area contributed by atoms with E-state index >= 15 is 0 Å². The van der Waals surface area contributed by atoms with Crippen molar-refractivity contribution in [2.45, 2.75) is 0 Å². The molecule has 0 aromatic rings. The van der Waals surface area contributed by atoms with E-state index in [2.05, 4.69) is 4.99 Å². The number of aliphatic imine (C=N–C) groups is 1. The number of nitrogens with one attached hydrogen (secondary N) is 1. The van der Waals surface area contributed by atoms with Crippen molar-refractivity contribution in [1.82, 2.24) is 0 Å². The lowest BCUT2D eigenvalue weighted by Crippen LogP contribution is -1.88. The SMILES string of the molecule is N#CC(=C=N)N=C(C#N)C#N. The second-order valence-corrected chi connectivity index (χ2v) is 1.27. The Morgan fingerprint density at radius 3 is 1.91 bits per heavy atom. The predicted molar refractivity (Wildman–Crippen MR) is 35.5 cm³/mol. The maximum atomic E-state index is 8.17. The molecule has 0 aromatic heterocycles. The van der Waals surface area contributed by atoms with Crippen molar-refractivity contribution in [3.05, 3.63) is 5.70 Å². The Labute approximate surface area is 62.6 Å². The van der Waals surface area contributed by atoms with Crippen LogP contribution in [0, 0.1) is 39.4 Å². The molecule has 0 heterocycles. The van der Waals surface area contributed by atoms with Gasteiger partial charge in [-0.2, -0.15) is 15.8 Å². The van der Waals surface area contributed by atoms with Gasteiger partial charge in [-0.05, 0) is 0 Å². The zero-order valence-electron chi connectivity index (χ0n) is 5.29. The van der Waals surface area contributed by atoms with E-state index in [1.54, 1.807) is 5.87 Å². The molecule has 0 rings (SSSR count). The van der Waals surface area contributed by atoms with E-state index < -0.39 is 5.71 Å². The van der Waals surface area contributed by atoms with Gasteiger partial charge in [0.05, 0.1) is 0 Å². The highest BCUT2D eigenvalue weighted by molar-refractivity contribution is 6.11. The standard InChI is InChI=1S/C6HN5/c7-1-5(2-8)11-6(3-9)4-10/h7H. The summed E-state index contributed by atoms with van der Waals surface area (Å²) in [4.78, 5) is 3.20. The van der Waals surface area contributed by atoms with Crippen LogP contribution in [0.5, 0.6) is 0 Å². The van der Waals surface area contributed by atoms with Gasteiger partial charge in [0.2, 0.25) is 11.4 Å². The summed E-state index contributed by atoms with van der Waals surface area (Å²) in [6.07, 6.45) is 0. The molecule has 0 saturated carbocycles. The van der Waals surface area contributed by atoms with Gasteiger partial charge in [-0.15, -0.1) is 0 Å². The average Bonchev–Trinajstić information content (AvgIpc) is 2.07. The summed E-state index contributed by atoms with van der Waals surface area (Å²) in [7, 11) is 0. The van der Waals surface area contributed by atoms with E-state index in [9.17, 15) is 0 Å². The molecule has 0 spiro atoms. The van der Waals surface area contributed by atoms with Crippen LogP contribution in [0.4, 0.5) is 0 Å². The van der Waals surface area contributed by atoms with Gasteiger partial charge in [0.1, 0.15) is 18.2 Å². The Morgan fingerprint density at radius 2 is 1.64 bits per heavy atom. The molecule has 0 unspecified atom stereocenters. The maximum Gasteiger partial charge on any atom is 0.219 e. The monoisotopic (exact) mass is 143 g/mol. The lowest BCUT2D eigenvalue weighted by molar-refractivity contribution is 1.39. The largest absolute Gasteiger partial charge is 0.256 e. The molecular formula is C6HN5. The van der Waals surface area contributed by atoms with Gasteiger partial charge in [-0.25, -0.2) is 4.99 Å². The molecule has 0 atom stereocenters. The fraction of sp³-hybridized carbons (Fsp3) is 0. The van der Waals surface area contributed by atoms with E-state index in [4.69, 9.17) is 21.2 Å². The molecule has 0 aliphatic rings. The Kier molecular flexibility index (Phi) is 3.49. The number of nitriles is 3. The van der Waals surface area contributed by atoms with E-state index in [1.807, 2.05) is 0 Å². The zero-order valence-corrected chi connectivity index (χ0v) is 5.29. The van der Waals surface area contributed by atoms with Gasteiger partial charge < -0.3 is 0 Å². The Morgan fingerprint density at radius 1 is 1.09 bits per heavy atom. The summed E-state index contributed by atoms with van der Waals surface area (Å²) in [5.41, 5.74) is -0.843. The van der Waals surface area contributed by atoms with Crippen molar-refractivity contribution in [2.75, 3.05) is 0 Å². The second kappa shape index (κ2) is 4.47. The first-order valence-corrected chi connectivity index (χ1v) is 2.37. The second-order valence-electron chi connectivity index (χ2n) is 1.27. The number of hydrogen-bond acceptors (Lipinski definition) is 5. The van der Waals surface area contributed by atoms with Gasteiger partial charge in [-0.1, -0.05) is 0 Å². The molecular weight excluding hydrogens is 142 g/mol. The van der Waals surface area contributed by atoms with Crippen molar-refractivity contribution < 1.29 is 0 Å². The van der Waals surface area contributed by atoms with Crippen LogP contribution in [-0.4, -0.2) is 11.6 Å². The third-order valence-corrected chi connectivity index (χ3v) is 0.660. The highest BCUT2D eigenvalue weighted by Gasteiger charge is 1.95. The van der Waals surface area contributed by atoms with E-state index in [-0.39, 0.29) is 5.70 Å². The molecule has 0 bridgehead atoms. The number of allylic oxidation sites excluding steroid dienone is 1. The number of hydrogen-bond donors (Lipinski definition) is 1. The summed E-state index contributed by atoms with van der Waals surface area (Å²) in [6, 6.07) is 4.37. The van der Waals surface area contributed by atoms with Gasteiger partial charge >= 0.3 is 0 Å². The summed E-state index contributed by atoms with van der Waals surface area (Å²) >= 11 is 0. The predicted octanol–water partition coefficient (Wildman–Crippen LogP) is 0.131. The van der Waals surface area contributed by atoms with Crippen molar-refractivity contribution in [2.24, 2.45) is 4.99 Å². The molecule has 5 heteroatoms. The summed E-state index contributed by atoms with van der Waals surface area (Å²) < 4.78 is 0. The first-order chi connectivity index (χ1) is 5.28. The van der Waals surface area contributed by atoms with Crippen LogP contribution in [0.15, 0.2) is 10.7 Å². The molecule has 0 aliphatic heterocycles. The molecule has 11 heavy (non-hydrogen) atoms. The maximum absolute atomic E-state index is 8.17. The van der Waals surface area contributed by atoms with E-state index in [1.165, 1.54) is 18.2 Å². The van der Waals surface area contributed by atoms with Crippen LogP contribution in [-0.2, 0) is 0 Å². The highest BCUT2D eigenvalue weighted by Crippen LogP contribution is 1.88. The third kappa shape index (κ3) is 2.58. The fourth-order valence-corrected chi connectivity index (χ4v) is 0.268. The summed E-state index contributed by atoms with van der Waals surface area (Å²) in [6.45, 7) is 0. The zero-order chi connectivity index (χ0) is 8.69. The molecule has 50 valence electrons. The summed E-state index contributed by atoms with van der Waals surface area (Å²) in [5.74, 6) is 1.67. The van der Waals surface area contributed by atoms with E-state index in [0.717, 1.165) is 0 Å². The minimum atomic E-state index is -0.457. The van der Waals surface area contributed by atoms with Crippen LogP contribution >= 0.6 is 0 Å². The van der Waals surface area contributed by atoms with E-state index in [0.29, 0.717) is 0 Å². The summed E-state index contributed by atoms with van der Waals surface area (Å²) in [5, 5.41) is 30.9. The normalized spacial score (nSPS) is 5.91. The minimum Gasteiger partial charge on any atom is -0.256 e. The molecule has 0 aromatic carbocycles. The third-order valence-electron chi connectivity index (χ3n) is 0.660. The van der Waals surface area contributed by atoms with Crippen LogP contribution in [0.1, 0.15) is 0 Å².